The molecule has 1 N–H and O–H groups in total. The Kier molecular flexibility index (Phi) is 6.96. The van der Waals surface area contributed by atoms with Gasteiger partial charge in [0.25, 0.3) is 0 Å². The van der Waals surface area contributed by atoms with Crippen molar-refractivity contribution < 1.29 is 9.59 Å². The Hall–Kier alpha value is -5.57. The topological polar surface area (TPSA) is 98.3 Å². The quantitative estimate of drug-likeness (QED) is 0.302. The van der Waals surface area contributed by atoms with E-state index < -0.39 is 12.0 Å². The van der Waals surface area contributed by atoms with Gasteiger partial charge in [-0.3, -0.25) is 9.69 Å². The molecule has 212 valence electrons. The maximum absolute atomic E-state index is 14.6. The number of hydrogen-bond donors (Lipinski definition) is 1. The number of H-pyrrole nitrogens is 1. The Labute approximate surface area is 249 Å². The van der Waals surface area contributed by atoms with Crippen LogP contribution in [0.3, 0.4) is 0 Å². The fraction of sp³-hybridized carbons (Fsp3) is 0.147. The van der Waals surface area contributed by atoms with Crippen LogP contribution in [0, 0.1) is 0 Å². The summed E-state index contributed by atoms with van der Waals surface area (Å²) >= 11 is 0. The Balaban J connectivity index is 1.24. The highest BCUT2D eigenvalue weighted by molar-refractivity contribution is 6.05. The number of amides is 3. The zero-order chi connectivity index (χ0) is 29.2. The number of tetrazole rings is 1. The van der Waals surface area contributed by atoms with E-state index in [1.165, 1.54) is 0 Å². The van der Waals surface area contributed by atoms with Crippen LogP contribution in [0.25, 0.3) is 12.2 Å². The standard InChI is InChI=1S/C34H29N7O2/c42-33(31(26-13-3-1-4-14-26)27-15-5-2-6-16-27)39-21-22-40(30(23-39)32-35-37-38-36-32)34(43)41-28-17-9-7-11-24(28)19-20-25-12-8-10-18-29(25)41/h1-20,30-31H,21-23H2,(H,35,36,37,38)/t30-/m0/s1. The zero-order valence-electron chi connectivity index (χ0n) is 23.3. The van der Waals surface area contributed by atoms with Gasteiger partial charge in [0.1, 0.15) is 6.04 Å². The van der Waals surface area contributed by atoms with Gasteiger partial charge in [0, 0.05) is 19.6 Å². The number of benzene rings is 4. The monoisotopic (exact) mass is 567 g/mol. The third-order valence-electron chi connectivity index (χ3n) is 8.12. The third kappa shape index (κ3) is 4.95. The summed E-state index contributed by atoms with van der Waals surface area (Å²) in [6.45, 7) is 0.918. The molecular formula is C34H29N7O2. The van der Waals surface area contributed by atoms with E-state index in [9.17, 15) is 9.59 Å². The van der Waals surface area contributed by atoms with Crippen molar-refractivity contribution in [1.29, 1.82) is 0 Å². The highest BCUT2D eigenvalue weighted by Crippen LogP contribution is 2.39. The molecule has 3 amide bonds. The van der Waals surface area contributed by atoms with Gasteiger partial charge >= 0.3 is 6.03 Å². The van der Waals surface area contributed by atoms with Crippen LogP contribution in [0.4, 0.5) is 16.2 Å². The van der Waals surface area contributed by atoms with Crippen molar-refractivity contribution >= 4 is 35.5 Å². The molecular weight excluding hydrogens is 538 g/mol. The number of aromatic amines is 1. The van der Waals surface area contributed by atoms with Gasteiger partial charge in [-0.1, -0.05) is 109 Å². The Morgan fingerprint density at radius 3 is 1.84 bits per heavy atom. The van der Waals surface area contributed by atoms with Crippen LogP contribution in [0.1, 0.15) is 40.0 Å². The van der Waals surface area contributed by atoms with Crippen LogP contribution in [0.2, 0.25) is 0 Å². The van der Waals surface area contributed by atoms with Crippen molar-refractivity contribution in [2.24, 2.45) is 0 Å². The number of urea groups is 1. The van der Waals surface area contributed by atoms with Gasteiger partial charge in [-0.05, 0) is 44.8 Å². The predicted octanol–water partition coefficient (Wildman–Crippen LogP) is 5.66. The summed E-state index contributed by atoms with van der Waals surface area (Å²) in [5.74, 6) is -0.0819. The molecule has 9 heteroatoms. The summed E-state index contributed by atoms with van der Waals surface area (Å²) in [5.41, 5.74) is 5.28. The van der Waals surface area contributed by atoms with Gasteiger partial charge in [0.2, 0.25) is 5.91 Å². The van der Waals surface area contributed by atoms with Crippen molar-refractivity contribution in [3.63, 3.8) is 0 Å². The van der Waals surface area contributed by atoms with E-state index in [-0.39, 0.29) is 18.5 Å². The van der Waals surface area contributed by atoms with E-state index in [1.54, 1.807) is 9.80 Å². The zero-order valence-corrected chi connectivity index (χ0v) is 23.3. The van der Waals surface area contributed by atoms with Crippen LogP contribution in [0.15, 0.2) is 109 Å². The second kappa shape index (κ2) is 11.4. The first-order valence-corrected chi connectivity index (χ1v) is 14.3. The number of nitrogens with zero attached hydrogens (tertiary/aromatic N) is 6. The molecule has 1 saturated heterocycles. The molecule has 9 nitrogen and oxygen atoms in total. The molecule has 2 aliphatic heterocycles. The van der Waals surface area contributed by atoms with E-state index >= 15 is 0 Å². The summed E-state index contributed by atoms with van der Waals surface area (Å²) in [7, 11) is 0. The minimum absolute atomic E-state index is 0.0309. The minimum Gasteiger partial charge on any atom is -0.338 e. The number of hydrogen-bond acceptors (Lipinski definition) is 5. The average Bonchev–Trinajstić information content (AvgIpc) is 3.55. The van der Waals surface area contributed by atoms with Gasteiger partial charge in [0.15, 0.2) is 5.82 Å². The number of aromatic nitrogens is 4. The number of rotatable bonds is 4. The lowest BCUT2D eigenvalue weighted by Gasteiger charge is -2.43. The molecule has 0 saturated carbocycles. The number of carbonyl (C=O) groups is 2. The lowest BCUT2D eigenvalue weighted by atomic mass is 9.89. The number of carbonyl (C=O) groups excluding carboxylic acids is 2. The second-order valence-corrected chi connectivity index (χ2v) is 10.6. The summed E-state index contributed by atoms with van der Waals surface area (Å²) in [6.07, 6.45) is 4.06. The molecule has 1 aromatic heterocycles. The lowest BCUT2D eigenvalue weighted by molar-refractivity contribution is -0.134. The first-order chi connectivity index (χ1) is 21.2. The lowest BCUT2D eigenvalue weighted by Crippen LogP contribution is -2.56. The molecule has 0 radical (unpaired) electrons. The fourth-order valence-electron chi connectivity index (χ4n) is 6.01. The van der Waals surface area contributed by atoms with E-state index in [0.29, 0.717) is 18.9 Å². The van der Waals surface area contributed by atoms with E-state index in [4.69, 9.17) is 0 Å². The predicted molar refractivity (Wildman–Crippen MR) is 164 cm³/mol. The molecule has 3 heterocycles. The van der Waals surface area contributed by atoms with Crippen molar-refractivity contribution in [2.75, 3.05) is 24.5 Å². The van der Waals surface area contributed by atoms with E-state index in [2.05, 4.69) is 20.6 Å². The van der Waals surface area contributed by atoms with Crippen molar-refractivity contribution in [2.45, 2.75) is 12.0 Å². The molecule has 5 aromatic rings. The normalized spacial score (nSPS) is 16.0. The third-order valence-corrected chi connectivity index (χ3v) is 8.12. The first-order valence-electron chi connectivity index (χ1n) is 14.3. The van der Waals surface area contributed by atoms with Crippen LogP contribution < -0.4 is 4.90 Å². The highest BCUT2D eigenvalue weighted by atomic mass is 16.2. The summed E-state index contributed by atoms with van der Waals surface area (Å²) < 4.78 is 0. The average molecular weight is 568 g/mol. The van der Waals surface area contributed by atoms with Gasteiger partial charge in [0.05, 0.1) is 17.3 Å². The number of anilines is 2. The summed E-state index contributed by atoms with van der Waals surface area (Å²) in [5, 5.41) is 14.7. The van der Waals surface area contributed by atoms with E-state index in [1.807, 2.05) is 126 Å². The molecule has 1 fully saturated rings. The molecule has 0 unspecified atom stereocenters. The molecule has 0 spiro atoms. The number of piperazine rings is 1. The molecule has 4 aromatic carbocycles. The van der Waals surface area contributed by atoms with E-state index in [0.717, 1.165) is 33.6 Å². The largest absolute Gasteiger partial charge is 0.338 e. The number of nitrogens with one attached hydrogen (secondary N) is 1. The highest BCUT2D eigenvalue weighted by Gasteiger charge is 2.40. The first kappa shape index (κ1) is 26.3. The van der Waals surface area contributed by atoms with Gasteiger partial charge in [-0.15, -0.1) is 5.10 Å². The molecule has 7 rings (SSSR count). The molecule has 43 heavy (non-hydrogen) atoms. The van der Waals surface area contributed by atoms with Gasteiger partial charge in [-0.25, -0.2) is 9.89 Å². The smallest absolute Gasteiger partial charge is 0.329 e. The maximum atomic E-state index is 14.6. The Morgan fingerprint density at radius 2 is 1.28 bits per heavy atom. The van der Waals surface area contributed by atoms with Crippen molar-refractivity contribution in [3.05, 3.63) is 137 Å². The van der Waals surface area contributed by atoms with Crippen LogP contribution in [-0.2, 0) is 4.79 Å². The van der Waals surface area contributed by atoms with Gasteiger partial charge in [-0.2, -0.15) is 0 Å². The van der Waals surface area contributed by atoms with Crippen LogP contribution in [-0.4, -0.2) is 62.0 Å². The van der Waals surface area contributed by atoms with Crippen LogP contribution >= 0.6 is 0 Å². The Morgan fingerprint density at radius 1 is 0.721 bits per heavy atom. The molecule has 0 aliphatic carbocycles. The van der Waals surface area contributed by atoms with Crippen molar-refractivity contribution in [1.82, 2.24) is 30.4 Å². The van der Waals surface area contributed by atoms with Crippen molar-refractivity contribution in [3.8, 4) is 0 Å². The summed E-state index contributed by atoms with van der Waals surface area (Å²) in [6, 6.07) is 34.5. The minimum atomic E-state index is -0.581. The number of fused-ring (bicyclic) bond motifs is 2. The van der Waals surface area contributed by atoms with Crippen LogP contribution in [0.5, 0.6) is 0 Å². The number of para-hydroxylation sites is 2. The maximum Gasteiger partial charge on any atom is 0.329 e. The molecule has 0 bridgehead atoms. The fourth-order valence-corrected chi connectivity index (χ4v) is 6.01. The molecule has 1 atom stereocenters. The summed E-state index contributed by atoms with van der Waals surface area (Å²) in [4.78, 5) is 34.3. The Bertz CT molecular complexity index is 1680. The van der Waals surface area contributed by atoms with Gasteiger partial charge < -0.3 is 9.80 Å². The molecule has 2 aliphatic rings. The SMILES string of the molecule is O=C(C(c1ccccc1)c1ccccc1)N1CCN(C(=O)N2c3ccccc3C=Cc3ccccc32)[C@H](c2nnn[nH]2)C1. The second-order valence-electron chi connectivity index (χ2n) is 10.6.